The number of fused-ring (bicyclic) bond motifs is 4. The van der Waals surface area contributed by atoms with E-state index in [2.05, 4.69) is 55.8 Å². The Morgan fingerprint density at radius 2 is 1.98 bits per heavy atom. The summed E-state index contributed by atoms with van der Waals surface area (Å²) in [4.78, 5) is 36.4. The van der Waals surface area contributed by atoms with E-state index in [0.29, 0.717) is 29.9 Å². The van der Waals surface area contributed by atoms with E-state index in [1.807, 2.05) is 11.8 Å². The molecule has 3 fully saturated rings. The first-order valence-corrected chi connectivity index (χ1v) is 16.4. The normalized spacial score (nSPS) is 32.5. The lowest BCUT2D eigenvalue weighted by Crippen LogP contribution is -2.53. The smallest absolute Gasteiger partial charge is 0.315 e. The lowest BCUT2D eigenvalue weighted by Gasteiger charge is -2.55. The topological polar surface area (TPSA) is 96.5 Å². The van der Waals surface area contributed by atoms with Crippen molar-refractivity contribution in [3.63, 3.8) is 0 Å². The van der Waals surface area contributed by atoms with Crippen LogP contribution in [0.4, 0.5) is 4.79 Å². The minimum atomic E-state index is -0.274. The molecule has 3 N–H and O–H groups in total. The third-order valence-corrected chi connectivity index (χ3v) is 11.8. The molecule has 2 unspecified atom stereocenters. The molecule has 3 amide bonds. The van der Waals surface area contributed by atoms with Gasteiger partial charge in [-0.15, -0.1) is 0 Å². The van der Waals surface area contributed by atoms with E-state index in [0.717, 1.165) is 62.7 Å². The van der Waals surface area contributed by atoms with E-state index in [-0.39, 0.29) is 46.7 Å². The molecule has 1 aromatic rings. The summed E-state index contributed by atoms with van der Waals surface area (Å²) in [5.74, 6) is 2.30. The van der Waals surface area contributed by atoms with Gasteiger partial charge >= 0.3 is 12.0 Å². The van der Waals surface area contributed by atoms with Crippen LogP contribution in [0.1, 0.15) is 109 Å². The first-order chi connectivity index (χ1) is 19.0. The van der Waals surface area contributed by atoms with E-state index in [4.69, 9.17) is 4.74 Å². The maximum atomic E-state index is 12.9. The zero-order chi connectivity index (χ0) is 28.7. The van der Waals surface area contributed by atoms with Crippen molar-refractivity contribution in [3.8, 4) is 5.75 Å². The molecule has 2 aliphatic carbocycles. The predicted molar refractivity (Wildman–Crippen MR) is 160 cm³/mol. The van der Waals surface area contributed by atoms with Crippen LogP contribution in [-0.4, -0.2) is 47.5 Å². The van der Waals surface area contributed by atoms with Gasteiger partial charge in [-0.2, -0.15) is 11.8 Å². The number of carbonyl (C=O) groups is 3. The van der Waals surface area contributed by atoms with Crippen molar-refractivity contribution in [1.29, 1.82) is 0 Å². The SMILES string of the molecule is CC(=O)Oc1cc2c(cc1C(C)C)CC[C@H]1[C@](C)(CNC(=O)CCCC[C@H]3SCC4NC(=O)NC43)CCC[C@]21C. The van der Waals surface area contributed by atoms with Crippen LogP contribution in [0.15, 0.2) is 12.1 Å². The average molecular weight is 570 g/mol. The predicted octanol–water partition coefficient (Wildman–Crippen LogP) is 5.59. The van der Waals surface area contributed by atoms with Gasteiger partial charge in [0.05, 0.1) is 12.1 Å². The second-order valence-corrected chi connectivity index (χ2v) is 14.7. The van der Waals surface area contributed by atoms with Crippen LogP contribution < -0.4 is 20.7 Å². The summed E-state index contributed by atoms with van der Waals surface area (Å²) < 4.78 is 5.71. The monoisotopic (exact) mass is 569 g/mol. The molecule has 2 saturated heterocycles. The molecular weight excluding hydrogens is 522 g/mol. The molecule has 7 nitrogen and oxygen atoms in total. The summed E-state index contributed by atoms with van der Waals surface area (Å²) in [5.41, 5.74) is 3.87. The van der Waals surface area contributed by atoms with Crippen molar-refractivity contribution >= 4 is 29.7 Å². The highest BCUT2D eigenvalue weighted by Crippen LogP contribution is 2.58. The highest BCUT2D eigenvalue weighted by atomic mass is 32.2. The molecule has 0 bridgehead atoms. The lowest BCUT2D eigenvalue weighted by molar-refractivity contribution is -0.132. The zero-order valence-corrected chi connectivity index (χ0v) is 25.7. The van der Waals surface area contributed by atoms with Gasteiger partial charge in [0, 0.05) is 30.9 Å². The number of rotatable bonds is 9. The fourth-order valence-corrected chi connectivity index (χ4v) is 9.76. The van der Waals surface area contributed by atoms with Gasteiger partial charge < -0.3 is 20.7 Å². The number of urea groups is 1. The van der Waals surface area contributed by atoms with Crippen LogP contribution in [0.3, 0.4) is 0 Å². The Hall–Kier alpha value is -2.22. The number of nitrogens with one attached hydrogen (secondary N) is 3. The highest BCUT2D eigenvalue weighted by Gasteiger charge is 2.52. The fourth-order valence-electron chi connectivity index (χ4n) is 8.22. The van der Waals surface area contributed by atoms with E-state index >= 15 is 0 Å². The second-order valence-electron chi connectivity index (χ2n) is 13.5. The number of esters is 1. The number of amides is 3. The molecule has 1 saturated carbocycles. The second kappa shape index (κ2) is 11.6. The van der Waals surface area contributed by atoms with Crippen LogP contribution in [0.5, 0.6) is 5.75 Å². The number of hydrogen-bond acceptors (Lipinski definition) is 5. The summed E-state index contributed by atoms with van der Waals surface area (Å²) in [7, 11) is 0. The quantitative estimate of drug-likeness (QED) is 0.156. The molecule has 0 spiro atoms. The van der Waals surface area contributed by atoms with E-state index < -0.39 is 0 Å². The van der Waals surface area contributed by atoms with Crippen LogP contribution in [0.2, 0.25) is 0 Å². The molecule has 40 heavy (non-hydrogen) atoms. The van der Waals surface area contributed by atoms with E-state index in [9.17, 15) is 14.4 Å². The molecule has 0 radical (unpaired) electrons. The third-order valence-electron chi connectivity index (χ3n) is 10.3. The summed E-state index contributed by atoms with van der Waals surface area (Å²) in [6.45, 7) is 11.3. The van der Waals surface area contributed by atoms with Crippen molar-refractivity contribution in [2.75, 3.05) is 12.3 Å². The Morgan fingerprint density at radius 3 is 2.73 bits per heavy atom. The van der Waals surface area contributed by atoms with Crippen molar-refractivity contribution in [2.24, 2.45) is 11.3 Å². The molecule has 220 valence electrons. The summed E-state index contributed by atoms with van der Waals surface area (Å²) in [5, 5.41) is 9.81. The maximum absolute atomic E-state index is 12.9. The number of benzene rings is 1. The summed E-state index contributed by atoms with van der Waals surface area (Å²) in [6, 6.07) is 4.90. The van der Waals surface area contributed by atoms with Gasteiger partial charge in [0.1, 0.15) is 5.75 Å². The lowest BCUT2D eigenvalue weighted by atomic mass is 9.49. The Balaban J connectivity index is 1.19. The fraction of sp³-hybridized carbons (Fsp3) is 0.719. The summed E-state index contributed by atoms with van der Waals surface area (Å²) in [6.07, 6.45) is 8.97. The van der Waals surface area contributed by atoms with Crippen molar-refractivity contribution < 1.29 is 19.1 Å². The molecule has 2 aliphatic heterocycles. The largest absolute Gasteiger partial charge is 0.426 e. The van der Waals surface area contributed by atoms with Crippen LogP contribution in [0.25, 0.3) is 0 Å². The molecule has 6 atom stereocenters. The maximum Gasteiger partial charge on any atom is 0.315 e. The minimum Gasteiger partial charge on any atom is -0.426 e. The van der Waals surface area contributed by atoms with Gasteiger partial charge in [-0.05, 0) is 83.9 Å². The Bertz CT molecular complexity index is 1160. The molecule has 1 aromatic carbocycles. The van der Waals surface area contributed by atoms with Crippen molar-refractivity contribution in [1.82, 2.24) is 16.0 Å². The number of ether oxygens (including phenoxy) is 1. The summed E-state index contributed by atoms with van der Waals surface area (Å²) >= 11 is 1.93. The first kappa shape index (κ1) is 29.3. The molecule has 0 aromatic heterocycles. The number of aryl methyl sites for hydroxylation is 1. The number of carbonyl (C=O) groups excluding carboxylic acids is 3. The van der Waals surface area contributed by atoms with Gasteiger partial charge in [0.2, 0.25) is 5.91 Å². The third kappa shape index (κ3) is 5.75. The molecule has 2 heterocycles. The Morgan fingerprint density at radius 1 is 1.18 bits per heavy atom. The number of hydrogen-bond donors (Lipinski definition) is 3. The van der Waals surface area contributed by atoms with Crippen LogP contribution >= 0.6 is 11.8 Å². The highest BCUT2D eigenvalue weighted by molar-refractivity contribution is 8.00. The molecular formula is C32H47N3O4S. The number of unbranched alkanes of at least 4 members (excludes halogenated alkanes) is 1. The Kier molecular flexibility index (Phi) is 8.47. The first-order valence-electron chi connectivity index (χ1n) is 15.3. The number of thioether (sulfide) groups is 1. The van der Waals surface area contributed by atoms with Gasteiger partial charge in [0.25, 0.3) is 0 Å². The molecule has 5 rings (SSSR count). The van der Waals surface area contributed by atoms with Crippen molar-refractivity contribution in [3.05, 3.63) is 28.8 Å². The zero-order valence-electron chi connectivity index (χ0n) is 24.9. The van der Waals surface area contributed by atoms with Crippen LogP contribution in [0, 0.1) is 11.3 Å². The molecule has 4 aliphatic rings. The van der Waals surface area contributed by atoms with Gasteiger partial charge in [0.15, 0.2) is 0 Å². The van der Waals surface area contributed by atoms with E-state index in [1.54, 1.807) is 0 Å². The molecule has 8 heteroatoms. The minimum absolute atomic E-state index is 0.00293. The van der Waals surface area contributed by atoms with Gasteiger partial charge in [-0.1, -0.05) is 46.6 Å². The Labute approximate surface area is 243 Å². The van der Waals surface area contributed by atoms with Crippen molar-refractivity contribution in [2.45, 2.75) is 121 Å². The van der Waals surface area contributed by atoms with Gasteiger partial charge in [-0.3, -0.25) is 9.59 Å². The standard InChI is InChI=1S/C32H47N3O4S/c1-19(2)22-15-21-11-12-27-31(4,13-8-14-32(27,5)23(21)16-25(22)39-20(3)36)18-33-28(37)10-7-6-9-26-29-24(17-40-26)34-30(38)35-29/h15-16,19,24,26-27,29H,6-14,17-18H2,1-5H3,(H,33,37)(H2,34,35,38)/t24?,26-,27+,29?,31+,32-/m1/s1. The van der Waals surface area contributed by atoms with Crippen LogP contribution in [-0.2, 0) is 21.4 Å². The van der Waals surface area contributed by atoms with E-state index in [1.165, 1.54) is 18.1 Å². The van der Waals surface area contributed by atoms with Gasteiger partial charge in [-0.25, -0.2) is 4.79 Å². The average Bonchev–Trinajstić information content (AvgIpc) is 3.44.